The van der Waals surface area contributed by atoms with Crippen molar-refractivity contribution >= 4 is 0 Å². The van der Waals surface area contributed by atoms with Crippen LogP contribution in [0.25, 0.3) is 0 Å². The minimum atomic E-state index is 0.327. The highest BCUT2D eigenvalue weighted by Gasteiger charge is 2.15. The highest BCUT2D eigenvalue weighted by molar-refractivity contribution is 5.16. The van der Waals surface area contributed by atoms with E-state index in [1.165, 1.54) is 38.5 Å². The van der Waals surface area contributed by atoms with Gasteiger partial charge in [-0.05, 0) is 38.0 Å². The van der Waals surface area contributed by atoms with Crippen molar-refractivity contribution in [3.05, 3.63) is 11.1 Å². The van der Waals surface area contributed by atoms with Crippen LogP contribution in [0.5, 0.6) is 0 Å². The fourth-order valence-electron chi connectivity index (χ4n) is 2.53. The van der Waals surface area contributed by atoms with Gasteiger partial charge in [0.25, 0.3) is 0 Å². The fraction of sp³-hybridized carbons (Fsp3) is 0.846. The lowest BCUT2D eigenvalue weighted by atomic mass is 9.83. The minimum absolute atomic E-state index is 0.327. The maximum atomic E-state index is 9.03. The van der Waals surface area contributed by atoms with E-state index in [0.717, 1.165) is 12.3 Å². The first-order valence-electron chi connectivity index (χ1n) is 6.08. The van der Waals surface area contributed by atoms with Crippen molar-refractivity contribution < 1.29 is 5.11 Å². The molecule has 14 heavy (non-hydrogen) atoms. The second kappa shape index (κ2) is 6.23. The molecule has 1 atom stereocenters. The molecule has 1 unspecified atom stereocenters. The summed E-state index contributed by atoms with van der Waals surface area (Å²) in [4.78, 5) is 0. The van der Waals surface area contributed by atoms with Gasteiger partial charge in [-0.25, -0.2) is 0 Å². The van der Waals surface area contributed by atoms with Gasteiger partial charge >= 0.3 is 0 Å². The molecule has 1 heteroatoms. The van der Waals surface area contributed by atoms with Crippen molar-refractivity contribution in [2.24, 2.45) is 5.92 Å². The van der Waals surface area contributed by atoms with Gasteiger partial charge in [-0.1, -0.05) is 37.8 Å². The highest BCUT2D eigenvalue weighted by Crippen LogP contribution is 2.32. The Bertz CT molecular complexity index is 180. The molecule has 0 aromatic rings. The van der Waals surface area contributed by atoms with E-state index in [1.807, 2.05) is 0 Å². The predicted octanol–water partition coefficient (Wildman–Crippen LogP) is 3.68. The largest absolute Gasteiger partial charge is 0.396 e. The average molecular weight is 196 g/mol. The Morgan fingerprint density at radius 2 is 2.21 bits per heavy atom. The van der Waals surface area contributed by atoms with Gasteiger partial charge in [-0.2, -0.15) is 0 Å². The molecule has 1 nitrogen and oxygen atoms in total. The van der Waals surface area contributed by atoms with Crippen LogP contribution in [0.2, 0.25) is 0 Å². The molecule has 0 aromatic carbocycles. The zero-order chi connectivity index (χ0) is 10.4. The molecule has 82 valence electrons. The predicted molar refractivity (Wildman–Crippen MR) is 61.3 cm³/mol. The average Bonchev–Trinajstić information content (AvgIpc) is 2.17. The summed E-state index contributed by atoms with van der Waals surface area (Å²) in [5.74, 6) is 0.865. The number of aliphatic hydroxyl groups excluding tert-OH is 1. The lowest BCUT2D eigenvalue weighted by Crippen LogP contribution is -2.07. The molecule has 0 spiro atoms. The molecular weight excluding hydrogens is 172 g/mol. The molecule has 0 bridgehead atoms. The lowest BCUT2D eigenvalue weighted by molar-refractivity contribution is 0.296. The smallest absolute Gasteiger partial charge is 0.0468 e. The summed E-state index contributed by atoms with van der Waals surface area (Å²) in [5, 5.41) is 9.03. The summed E-state index contributed by atoms with van der Waals surface area (Å²) < 4.78 is 0. The van der Waals surface area contributed by atoms with Crippen LogP contribution in [0.15, 0.2) is 11.1 Å². The highest BCUT2D eigenvalue weighted by atomic mass is 16.2. The third-order valence-electron chi connectivity index (χ3n) is 3.24. The first-order chi connectivity index (χ1) is 6.77. The van der Waals surface area contributed by atoms with Crippen LogP contribution in [0.1, 0.15) is 58.8 Å². The molecular formula is C13H24O. The summed E-state index contributed by atoms with van der Waals surface area (Å²) in [5.41, 5.74) is 3.22. The van der Waals surface area contributed by atoms with Crippen LogP contribution in [0, 0.1) is 5.92 Å². The SMILES string of the molecule is CCC/C(CCO)=C1\CCCC(C)C1. The minimum Gasteiger partial charge on any atom is -0.396 e. The Hall–Kier alpha value is -0.300. The molecule has 1 rings (SSSR count). The third kappa shape index (κ3) is 3.45. The molecule has 1 fully saturated rings. The van der Waals surface area contributed by atoms with Gasteiger partial charge in [0.1, 0.15) is 0 Å². The van der Waals surface area contributed by atoms with E-state index in [9.17, 15) is 0 Å². The van der Waals surface area contributed by atoms with Gasteiger partial charge in [0, 0.05) is 6.61 Å². The monoisotopic (exact) mass is 196 g/mol. The first-order valence-corrected chi connectivity index (χ1v) is 6.08. The number of rotatable bonds is 4. The lowest BCUT2D eigenvalue weighted by Gasteiger charge is -2.24. The summed E-state index contributed by atoms with van der Waals surface area (Å²) in [7, 11) is 0. The number of allylic oxidation sites excluding steroid dienone is 1. The first kappa shape index (κ1) is 11.8. The van der Waals surface area contributed by atoms with E-state index in [0.29, 0.717) is 6.61 Å². The van der Waals surface area contributed by atoms with Gasteiger partial charge in [0.2, 0.25) is 0 Å². The van der Waals surface area contributed by atoms with Crippen LogP contribution in [0.3, 0.4) is 0 Å². The van der Waals surface area contributed by atoms with Crippen LogP contribution in [0.4, 0.5) is 0 Å². The second-order valence-corrected chi connectivity index (χ2v) is 4.63. The quantitative estimate of drug-likeness (QED) is 0.680. The molecule has 1 N–H and O–H groups in total. The zero-order valence-corrected chi connectivity index (χ0v) is 9.68. The van der Waals surface area contributed by atoms with E-state index in [1.54, 1.807) is 11.1 Å². The van der Waals surface area contributed by atoms with Crippen molar-refractivity contribution in [1.29, 1.82) is 0 Å². The van der Waals surface area contributed by atoms with Crippen molar-refractivity contribution in [3.8, 4) is 0 Å². The van der Waals surface area contributed by atoms with Crippen LogP contribution in [-0.4, -0.2) is 11.7 Å². The number of aliphatic hydroxyl groups is 1. The zero-order valence-electron chi connectivity index (χ0n) is 9.68. The molecule has 1 aliphatic carbocycles. The second-order valence-electron chi connectivity index (χ2n) is 4.63. The molecule has 0 aromatic heterocycles. The Balaban J connectivity index is 2.63. The molecule has 0 aliphatic heterocycles. The van der Waals surface area contributed by atoms with Crippen molar-refractivity contribution in [2.45, 2.75) is 58.8 Å². The van der Waals surface area contributed by atoms with Crippen LogP contribution >= 0.6 is 0 Å². The number of hydrogen-bond donors (Lipinski definition) is 1. The van der Waals surface area contributed by atoms with Crippen molar-refractivity contribution in [3.63, 3.8) is 0 Å². The Morgan fingerprint density at radius 3 is 2.79 bits per heavy atom. The van der Waals surface area contributed by atoms with Crippen LogP contribution in [-0.2, 0) is 0 Å². The standard InChI is InChI=1S/C13H24O/c1-3-5-12(8-9-14)13-7-4-6-11(2)10-13/h11,14H,3-10H2,1-2H3/b13-12-. The third-order valence-corrected chi connectivity index (χ3v) is 3.24. The topological polar surface area (TPSA) is 20.2 Å². The summed E-state index contributed by atoms with van der Waals surface area (Å²) in [6.07, 6.45) is 8.65. The van der Waals surface area contributed by atoms with Crippen molar-refractivity contribution in [1.82, 2.24) is 0 Å². The normalized spacial score (nSPS) is 26.4. The van der Waals surface area contributed by atoms with Gasteiger partial charge in [-0.3, -0.25) is 0 Å². The molecule has 0 radical (unpaired) electrons. The Morgan fingerprint density at radius 1 is 1.43 bits per heavy atom. The van der Waals surface area contributed by atoms with E-state index < -0.39 is 0 Å². The molecule has 0 saturated heterocycles. The molecule has 1 aliphatic rings. The summed E-state index contributed by atoms with van der Waals surface area (Å²) in [6.45, 7) is 4.90. The number of hydrogen-bond acceptors (Lipinski definition) is 1. The van der Waals surface area contributed by atoms with Gasteiger partial charge < -0.3 is 5.11 Å². The Labute approximate surface area is 88.2 Å². The van der Waals surface area contributed by atoms with E-state index >= 15 is 0 Å². The fourth-order valence-corrected chi connectivity index (χ4v) is 2.53. The van der Waals surface area contributed by atoms with E-state index in [2.05, 4.69) is 13.8 Å². The molecule has 1 saturated carbocycles. The summed E-state index contributed by atoms with van der Waals surface area (Å²) >= 11 is 0. The maximum Gasteiger partial charge on any atom is 0.0468 e. The van der Waals surface area contributed by atoms with Gasteiger partial charge in [0.15, 0.2) is 0 Å². The van der Waals surface area contributed by atoms with E-state index in [-0.39, 0.29) is 0 Å². The van der Waals surface area contributed by atoms with Crippen LogP contribution < -0.4 is 0 Å². The molecule has 0 heterocycles. The Kier molecular flexibility index (Phi) is 5.24. The maximum absolute atomic E-state index is 9.03. The molecule has 0 amide bonds. The van der Waals surface area contributed by atoms with Gasteiger partial charge in [0.05, 0.1) is 0 Å². The van der Waals surface area contributed by atoms with Gasteiger partial charge in [-0.15, -0.1) is 0 Å². The van der Waals surface area contributed by atoms with E-state index in [4.69, 9.17) is 5.11 Å². The van der Waals surface area contributed by atoms with Crippen molar-refractivity contribution in [2.75, 3.05) is 6.61 Å². The summed E-state index contributed by atoms with van der Waals surface area (Å²) in [6, 6.07) is 0.